The van der Waals surface area contributed by atoms with Crippen molar-refractivity contribution in [3.05, 3.63) is 45.9 Å². The van der Waals surface area contributed by atoms with Crippen molar-refractivity contribution in [2.75, 3.05) is 18.4 Å². The predicted molar refractivity (Wildman–Crippen MR) is 114 cm³/mol. The lowest BCUT2D eigenvalue weighted by Crippen LogP contribution is -2.43. The topological polar surface area (TPSA) is 83.1 Å². The van der Waals surface area contributed by atoms with Gasteiger partial charge in [-0.1, -0.05) is 54.3 Å². The van der Waals surface area contributed by atoms with E-state index >= 15 is 0 Å². The number of halogens is 1. The average molecular weight is 421 g/mol. The van der Waals surface area contributed by atoms with Gasteiger partial charge in [-0.2, -0.15) is 0 Å². The highest BCUT2D eigenvalue weighted by Gasteiger charge is 2.16. The Bertz CT molecular complexity index is 805. The molecule has 1 fully saturated rings. The van der Waals surface area contributed by atoms with Crippen molar-refractivity contribution in [2.45, 2.75) is 44.6 Å². The molecule has 6 nitrogen and oxygen atoms in total. The Morgan fingerprint density at radius 2 is 1.93 bits per heavy atom. The molecule has 28 heavy (non-hydrogen) atoms. The third-order valence-electron chi connectivity index (χ3n) is 4.70. The van der Waals surface area contributed by atoms with Crippen molar-refractivity contribution in [3.8, 4) is 0 Å². The van der Waals surface area contributed by atoms with Crippen molar-refractivity contribution in [2.24, 2.45) is 0 Å². The number of urea groups is 1. The van der Waals surface area contributed by atoms with E-state index in [2.05, 4.69) is 20.9 Å². The molecule has 2 amide bonds. The van der Waals surface area contributed by atoms with Gasteiger partial charge in [-0.05, 0) is 31.4 Å². The fourth-order valence-corrected chi connectivity index (χ4v) is 4.23. The molecule has 0 atom stereocenters. The smallest absolute Gasteiger partial charge is 0.315 e. The molecule has 1 heterocycles. The Morgan fingerprint density at radius 1 is 1.14 bits per heavy atom. The SMILES string of the molecule is O=C(NCCCNc1ncc(C(=O)c2ccccc2Cl)s1)NC1CCCCC1. The molecular weight excluding hydrogens is 396 g/mol. The summed E-state index contributed by atoms with van der Waals surface area (Å²) in [4.78, 5) is 29.2. The van der Waals surface area contributed by atoms with Crippen molar-refractivity contribution in [1.29, 1.82) is 0 Å². The molecule has 1 aromatic heterocycles. The first kappa shape index (κ1) is 20.6. The fraction of sp³-hybridized carbons (Fsp3) is 0.450. The number of anilines is 1. The summed E-state index contributed by atoms with van der Waals surface area (Å²) in [6.45, 7) is 1.25. The number of carbonyl (C=O) groups is 2. The van der Waals surface area contributed by atoms with Gasteiger partial charge in [0.25, 0.3) is 0 Å². The highest BCUT2D eigenvalue weighted by Crippen LogP contribution is 2.24. The number of benzene rings is 1. The number of ketones is 1. The van der Waals surface area contributed by atoms with Gasteiger partial charge in [0.05, 0.1) is 16.1 Å². The van der Waals surface area contributed by atoms with Crippen LogP contribution in [0.25, 0.3) is 0 Å². The van der Waals surface area contributed by atoms with Crippen molar-refractivity contribution < 1.29 is 9.59 Å². The number of aromatic nitrogens is 1. The Hall–Kier alpha value is -2.12. The van der Waals surface area contributed by atoms with Crippen LogP contribution < -0.4 is 16.0 Å². The number of hydrogen-bond donors (Lipinski definition) is 3. The van der Waals surface area contributed by atoms with Crippen LogP contribution in [0, 0.1) is 0 Å². The maximum atomic E-state index is 12.5. The lowest BCUT2D eigenvalue weighted by atomic mass is 9.96. The zero-order valence-electron chi connectivity index (χ0n) is 15.7. The highest BCUT2D eigenvalue weighted by molar-refractivity contribution is 7.17. The van der Waals surface area contributed by atoms with Crippen molar-refractivity contribution >= 4 is 39.9 Å². The van der Waals surface area contributed by atoms with Gasteiger partial charge in [-0.3, -0.25) is 4.79 Å². The fourth-order valence-electron chi connectivity index (χ4n) is 3.21. The summed E-state index contributed by atoms with van der Waals surface area (Å²) in [5.41, 5.74) is 0.479. The number of carbonyl (C=O) groups excluding carboxylic acids is 2. The first-order valence-corrected chi connectivity index (χ1v) is 10.9. The van der Waals surface area contributed by atoms with Gasteiger partial charge >= 0.3 is 6.03 Å². The van der Waals surface area contributed by atoms with Crippen LogP contribution in [0.1, 0.15) is 53.8 Å². The van der Waals surface area contributed by atoms with Gasteiger partial charge in [0.1, 0.15) is 0 Å². The minimum Gasteiger partial charge on any atom is -0.361 e. The van der Waals surface area contributed by atoms with Gasteiger partial charge in [-0.25, -0.2) is 9.78 Å². The molecule has 1 aromatic carbocycles. The van der Waals surface area contributed by atoms with Crippen LogP contribution in [0.2, 0.25) is 5.02 Å². The molecule has 0 bridgehead atoms. The molecule has 0 spiro atoms. The van der Waals surface area contributed by atoms with Crippen LogP contribution in [0.5, 0.6) is 0 Å². The molecule has 0 unspecified atom stereocenters. The molecule has 3 rings (SSSR count). The largest absolute Gasteiger partial charge is 0.361 e. The first-order valence-electron chi connectivity index (χ1n) is 9.67. The van der Waals surface area contributed by atoms with Gasteiger partial charge in [-0.15, -0.1) is 0 Å². The van der Waals surface area contributed by atoms with Crippen molar-refractivity contribution in [3.63, 3.8) is 0 Å². The highest BCUT2D eigenvalue weighted by atomic mass is 35.5. The summed E-state index contributed by atoms with van der Waals surface area (Å²) >= 11 is 7.39. The molecular formula is C20H25ClN4O2S. The molecule has 150 valence electrons. The van der Waals surface area contributed by atoms with Crippen LogP contribution in [0.3, 0.4) is 0 Å². The van der Waals surface area contributed by atoms with Crippen molar-refractivity contribution in [1.82, 2.24) is 15.6 Å². The molecule has 1 saturated carbocycles. The van der Waals surface area contributed by atoms with E-state index in [1.54, 1.807) is 30.5 Å². The maximum Gasteiger partial charge on any atom is 0.315 e. The molecule has 1 aliphatic carbocycles. The average Bonchev–Trinajstić information content (AvgIpc) is 3.17. The summed E-state index contributed by atoms with van der Waals surface area (Å²) in [7, 11) is 0. The van der Waals surface area contributed by atoms with Gasteiger partial charge in [0, 0.05) is 24.7 Å². The Labute approximate surface area is 174 Å². The molecule has 8 heteroatoms. The van der Waals surface area contributed by atoms with E-state index in [-0.39, 0.29) is 11.8 Å². The predicted octanol–water partition coefficient (Wildman–Crippen LogP) is 4.46. The van der Waals surface area contributed by atoms with E-state index in [1.165, 1.54) is 30.6 Å². The minimum atomic E-state index is -0.128. The zero-order valence-corrected chi connectivity index (χ0v) is 17.2. The second-order valence-electron chi connectivity index (χ2n) is 6.85. The lowest BCUT2D eigenvalue weighted by Gasteiger charge is -2.22. The van der Waals surface area contributed by atoms with Gasteiger partial charge < -0.3 is 16.0 Å². The summed E-state index contributed by atoms with van der Waals surface area (Å²) in [6.07, 6.45) is 8.16. The Balaban J connectivity index is 1.36. The Morgan fingerprint density at radius 3 is 2.71 bits per heavy atom. The molecule has 0 saturated heterocycles. The van der Waals surface area contributed by atoms with E-state index in [9.17, 15) is 9.59 Å². The quantitative estimate of drug-likeness (QED) is 0.435. The minimum absolute atomic E-state index is 0.0891. The number of nitrogens with one attached hydrogen (secondary N) is 3. The Kier molecular flexibility index (Phi) is 7.68. The van der Waals surface area contributed by atoms with Crippen LogP contribution in [-0.2, 0) is 0 Å². The van der Waals surface area contributed by atoms with E-state index in [0.717, 1.165) is 19.3 Å². The first-order chi connectivity index (χ1) is 13.6. The van der Waals surface area contributed by atoms with Crippen LogP contribution >= 0.6 is 22.9 Å². The summed E-state index contributed by atoms with van der Waals surface area (Å²) in [5.74, 6) is -0.128. The number of nitrogens with zero attached hydrogens (tertiary/aromatic N) is 1. The summed E-state index contributed by atoms with van der Waals surface area (Å²) < 4.78 is 0. The molecule has 0 radical (unpaired) electrons. The monoisotopic (exact) mass is 420 g/mol. The van der Waals surface area contributed by atoms with Crippen LogP contribution in [0.4, 0.5) is 9.93 Å². The zero-order chi connectivity index (χ0) is 19.8. The molecule has 2 aromatic rings. The van der Waals surface area contributed by atoms with E-state index in [0.29, 0.717) is 39.7 Å². The van der Waals surface area contributed by atoms with Gasteiger partial charge in [0.15, 0.2) is 5.13 Å². The lowest BCUT2D eigenvalue weighted by molar-refractivity contribution is 0.104. The number of hydrogen-bond acceptors (Lipinski definition) is 5. The second kappa shape index (κ2) is 10.4. The second-order valence-corrected chi connectivity index (χ2v) is 8.29. The molecule has 0 aliphatic heterocycles. The standard InChI is InChI=1S/C20H25ClN4O2S/c21-16-10-5-4-9-15(16)18(26)17-13-24-20(28-17)23-12-6-11-22-19(27)25-14-7-2-1-3-8-14/h4-5,9-10,13-14H,1-3,6-8,11-12H2,(H,23,24)(H2,22,25,27). The maximum absolute atomic E-state index is 12.5. The van der Waals surface area contributed by atoms with E-state index < -0.39 is 0 Å². The summed E-state index contributed by atoms with van der Waals surface area (Å²) in [5, 5.41) is 10.2. The van der Waals surface area contributed by atoms with Gasteiger partial charge in [0.2, 0.25) is 5.78 Å². The summed E-state index contributed by atoms with van der Waals surface area (Å²) in [6, 6.07) is 7.22. The third kappa shape index (κ3) is 5.94. The van der Waals surface area contributed by atoms with Crippen LogP contribution in [-0.4, -0.2) is 35.9 Å². The third-order valence-corrected chi connectivity index (χ3v) is 5.99. The molecule has 3 N–H and O–H groups in total. The number of thiazole rings is 1. The van der Waals surface area contributed by atoms with E-state index in [4.69, 9.17) is 11.6 Å². The number of rotatable bonds is 8. The molecule has 1 aliphatic rings. The van der Waals surface area contributed by atoms with Crippen LogP contribution in [0.15, 0.2) is 30.5 Å². The number of amides is 2. The normalized spacial score (nSPS) is 14.5. The van der Waals surface area contributed by atoms with E-state index in [1.807, 2.05) is 0 Å².